The molecule has 0 radical (unpaired) electrons. The number of likely N-dealkylation sites (tertiary alicyclic amines) is 2. The summed E-state index contributed by atoms with van der Waals surface area (Å²) in [6, 6.07) is 0. The molecule has 0 aromatic heterocycles. The maximum atomic E-state index is 13.4. The van der Waals surface area contributed by atoms with Crippen molar-refractivity contribution in [1.29, 1.82) is 0 Å². The van der Waals surface area contributed by atoms with E-state index in [1.807, 2.05) is 0 Å². The van der Waals surface area contributed by atoms with E-state index < -0.39 is 13.9 Å². The molecule has 2 fully saturated rings. The van der Waals surface area contributed by atoms with Crippen LogP contribution in [0.25, 0.3) is 0 Å². The average molecular weight is 703 g/mol. The second-order valence-corrected chi connectivity index (χ2v) is 16.3. The van der Waals surface area contributed by atoms with Crippen LogP contribution in [0.1, 0.15) is 174 Å². The number of hydrogen-bond acceptors (Lipinski definition) is 8. The highest BCUT2D eigenvalue weighted by Crippen LogP contribution is 2.49. The molecule has 48 heavy (non-hydrogen) atoms. The van der Waals surface area contributed by atoms with E-state index >= 15 is 0 Å². The molecule has 9 heteroatoms. The van der Waals surface area contributed by atoms with E-state index in [9.17, 15) is 9.67 Å². The van der Waals surface area contributed by atoms with Crippen LogP contribution in [0, 0.1) is 0 Å². The summed E-state index contributed by atoms with van der Waals surface area (Å²) in [5, 5.41) is 10.4. The SMILES string of the molecule is CCCCCCCCCCCCCCCCCCOCC(O)COP(=O)(OCCCCCN1CCCC1)OCCCCCN1CCCC1. The molecule has 1 atom stereocenters. The van der Waals surface area contributed by atoms with Crippen molar-refractivity contribution in [1.82, 2.24) is 9.80 Å². The first-order valence-electron chi connectivity index (χ1n) is 20.9. The number of aliphatic hydroxyl groups excluding tert-OH is 1. The zero-order valence-corrected chi connectivity index (χ0v) is 32.5. The Morgan fingerprint density at radius 3 is 1.31 bits per heavy atom. The van der Waals surface area contributed by atoms with Gasteiger partial charge in [-0.2, -0.15) is 0 Å². The van der Waals surface area contributed by atoms with Crippen LogP contribution in [0.5, 0.6) is 0 Å². The highest BCUT2D eigenvalue weighted by atomic mass is 31.2. The molecule has 2 saturated heterocycles. The molecule has 0 aromatic carbocycles. The Kier molecular flexibility index (Phi) is 29.1. The monoisotopic (exact) mass is 703 g/mol. The standard InChI is InChI=1S/C39H79N2O6P/c1-2-3-4-5-6-7-8-9-10-11-12-13-14-15-16-25-34-44-37-39(42)38-47-48(43,45-35-26-17-19-28-40-30-21-22-31-40)46-36-27-18-20-29-41-32-23-24-33-41/h39,42H,2-38H2,1H3. The van der Waals surface area contributed by atoms with Gasteiger partial charge in [0.05, 0.1) is 26.4 Å². The average Bonchev–Trinajstić information content (AvgIpc) is 3.82. The van der Waals surface area contributed by atoms with Crippen LogP contribution in [-0.4, -0.2) is 93.3 Å². The highest BCUT2D eigenvalue weighted by Gasteiger charge is 2.28. The molecule has 2 heterocycles. The Bertz CT molecular complexity index is 703. The third-order valence-corrected chi connectivity index (χ3v) is 11.5. The van der Waals surface area contributed by atoms with Crippen LogP contribution in [0.15, 0.2) is 0 Å². The lowest BCUT2D eigenvalue weighted by atomic mass is 10.0. The molecule has 1 N–H and O–H groups in total. The minimum absolute atomic E-state index is 0.111. The third kappa shape index (κ3) is 25.8. The predicted octanol–water partition coefficient (Wildman–Crippen LogP) is 10.3. The Morgan fingerprint density at radius 1 is 0.500 bits per heavy atom. The number of hydrogen-bond donors (Lipinski definition) is 1. The molecule has 0 bridgehead atoms. The second-order valence-electron chi connectivity index (χ2n) is 14.7. The summed E-state index contributed by atoms with van der Waals surface area (Å²) < 4.78 is 36.2. The van der Waals surface area contributed by atoms with Crippen molar-refractivity contribution >= 4 is 7.82 Å². The topological polar surface area (TPSA) is 80.7 Å². The van der Waals surface area contributed by atoms with Gasteiger partial charge in [-0.3, -0.25) is 13.6 Å². The maximum absolute atomic E-state index is 13.4. The Labute approximate surface area is 297 Å². The quantitative estimate of drug-likeness (QED) is 0.0511. The smallest absolute Gasteiger partial charge is 0.388 e. The van der Waals surface area contributed by atoms with Crippen LogP contribution >= 0.6 is 7.82 Å². The summed E-state index contributed by atoms with van der Waals surface area (Å²) >= 11 is 0. The van der Waals surface area contributed by atoms with Gasteiger partial charge in [-0.25, -0.2) is 4.57 Å². The minimum atomic E-state index is -3.73. The largest absolute Gasteiger partial charge is 0.474 e. The van der Waals surface area contributed by atoms with E-state index in [1.165, 1.54) is 142 Å². The van der Waals surface area contributed by atoms with E-state index in [-0.39, 0.29) is 13.2 Å². The van der Waals surface area contributed by atoms with E-state index in [0.717, 1.165) is 64.5 Å². The molecule has 2 aliphatic heterocycles. The van der Waals surface area contributed by atoms with Crippen LogP contribution in [0.2, 0.25) is 0 Å². The molecule has 0 amide bonds. The molecule has 0 saturated carbocycles. The van der Waals surface area contributed by atoms with Gasteiger partial charge in [-0.1, -0.05) is 103 Å². The second kappa shape index (κ2) is 31.7. The number of unbranched alkanes of at least 4 members (excludes halogenated alkanes) is 19. The molecule has 8 nitrogen and oxygen atoms in total. The molecule has 1 unspecified atom stereocenters. The predicted molar refractivity (Wildman–Crippen MR) is 201 cm³/mol. The van der Waals surface area contributed by atoms with Crippen molar-refractivity contribution in [2.24, 2.45) is 0 Å². The van der Waals surface area contributed by atoms with Crippen LogP contribution in [0.4, 0.5) is 0 Å². The number of rotatable bonds is 36. The summed E-state index contributed by atoms with van der Waals surface area (Å²) in [6.07, 6.45) is 31.9. The van der Waals surface area contributed by atoms with Gasteiger partial charge in [0, 0.05) is 6.61 Å². The maximum Gasteiger partial charge on any atom is 0.474 e. The fraction of sp³-hybridized carbons (Fsp3) is 1.00. The van der Waals surface area contributed by atoms with Gasteiger partial charge >= 0.3 is 7.82 Å². The Hall–Kier alpha value is -0.0500. The van der Waals surface area contributed by atoms with Gasteiger partial charge in [-0.15, -0.1) is 0 Å². The van der Waals surface area contributed by atoms with Gasteiger partial charge in [0.25, 0.3) is 0 Å². The number of aliphatic hydroxyl groups is 1. The van der Waals surface area contributed by atoms with Gasteiger partial charge in [0.2, 0.25) is 0 Å². The van der Waals surface area contributed by atoms with Gasteiger partial charge in [0.1, 0.15) is 6.10 Å². The van der Waals surface area contributed by atoms with Crippen molar-refractivity contribution in [3.63, 3.8) is 0 Å². The lowest BCUT2D eigenvalue weighted by molar-refractivity contribution is -0.00150. The van der Waals surface area contributed by atoms with Crippen molar-refractivity contribution in [2.75, 3.05) is 72.3 Å². The molecule has 286 valence electrons. The number of phosphoric acid groups is 1. The summed E-state index contributed by atoms with van der Waals surface area (Å²) in [4.78, 5) is 5.04. The fourth-order valence-corrected chi connectivity index (χ4v) is 8.19. The first-order chi connectivity index (χ1) is 23.6. The Morgan fingerprint density at radius 2 is 0.875 bits per heavy atom. The van der Waals surface area contributed by atoms with Crippen LogP contribution in [-0.2, 0) is 22.9 Å². The third-order valence-electron chi connectivity index (χ3n) is 10.0. The van der Waals surface area contributed by atoms with Crippen molar-refractivity contribution in [2.45, 2.75) is 180 Å². The molecule has 0 aliphatic carbocycles. The van der Waals surface area contributed by atoms with Crippen LogP contribution in [0.3, 0.4) is 0 Å². The molecule has 0 aromatic rings. The lowest BCUT2D eigenvalue weighted by Crippen LogP contribution is -2.22. The summed E-state index contributed by atoms with van der Waals surface area (Å²) in [7, 11) is -3.73. The number of phosphoric ester groups is 1. The van der Waals surface area contributed by atoms with Crippen LogP contribution < -0.4 is 0 Å². The first kappa shape index (κ1) is 44.1. The number of nitrogens with zero attached hydrogens (tertiary/aromatic N) is 2. The molecule has 0 spiro atoms. The Balaban J connectivity index is 1.46. The number of ether oxygens (including phenoxy) is 1. The van der Waals surface area contributed by atoms with Crippen molar-refractivity contribution in [3.05, 3.63) is 0 Å². The van der Waals surface area contributed by atoms with E-state index in [2.05, 4.69) is 16.7 Å². The van der Waals surface area contributed by atoms with Gasteiger partial charge < -0.3 is 19.6 Å². The molecule has 2 aliphatic rings. The zero-order valence-electron chi connectivity index (χ0n) is 31.6. The molecule has 2 rings (SSSR count). The normalized spacial score (nSPS) is 16.8. The minimum Gasteiger partial charge on any atom is -0.388 e. The van der Waals surface area contributed by atoms with Gasteiger partial charge in [0.15, 0.2) is 0 Å². The summed E-state index contributed by atoms with van der Waals surface area (Å²) in [5.74, 6) is 0. The van der Waals surface area contributed by atoms with E-state index in [1.54, 1.807) is 0 Å². The van der Waals surface area contributed by atoms with Crippen molar-refractivity contribution in [3.8, 4) is 0 Å². The lowest BCUT2D eigenvalue weighted by Gasteiger charge is -2.20. The molecular weight excluding hydrogens is 623 g/mol. The zero-order chi connectivity index (χ0) is 34.2. The summed E-state index contributed by atoms with van der Waals surface area (Å²) in [6.45, 7) is 10.8. The van der Waals surface area contributed by atoms with Crippen molar-refractivity contribution < 1.29 is 28.0 Å². The van der Waals surface area contributed by atoms with E-state index in [4.69, 9.17) is 18.3 Å². The van der Waals surface area contributed by atoms with Gasteiger partial charge in [-0.05, 0) is 110 Å². The van der Waals surface area contributed by atoms with E-state index in [0.29, 0.717) is 19.8 Å². The fourth-order valence-electron chi connectivity index (χ4n) is 6.90. The first-order valence-corrected chi connectivity index (χ1v) is 22.3. The molecular formula is C39H79N2O6P. The summed E-state index contributed by atoms with van der Waals surface area (Å²) in [5.41, 5.74) is 0. The highest BCUT2D eigenvalue weighted by molar-refractivity contribution is 7.48.